The molecule has 0 radical (unpaired) electrons. The van der Waals surface area contributed by atoms with E-state index in [1.54, 1.807) is 0 Å². The Morgan fingerprint density at radius 1 is 1.41 bits per heavy atom. The number of rotatable bonds is 2. The zero-order valence-electron chi connectivity index (χ0n) is 8.65. The van der Waals surface area contributed by atoms with Crippen LogP contribution >= 0.6 is 0 Å². The van der Waals surface area contributed by atoms with E-state index in [1.165, 1.54) is 0 Å². The Hall–Kier alpha value is -1.48. The number of hydrogen-bond donors (Lipinski definition) is 5. The Labute approximate surface area is 94.4 Å². The minimum Gasteiger partial charge on any atom is -0.394 e. The van der Waals surface area contributed by atoms with Gasteiger partial charge in [0.05, 0.1) is 18.3 Å². The first-order valence-corrected chi connectivity index (χ1v) is 4.98. The first-order chi connectivity index (χ1) is 7.97. The van der Waals surface area contributed by atoms with Gasteiger partial charge in [0.1, 0.15) is 18.3 Å². The maximum atomic E-state index is 11.5. The molecule has 0 saturated carbocycles. The molecule has 8 nitrogen and oxygen atoms in total. The number of nitrogens with one attached hydrogen (secondary N) is 1. The van der Waals surface area contributed by atoms with Crippen LogP contribution in [-0.4, -0.2) is 48.8 Å². The largest absolute Gasteiger partial charge is 0.394 e. The van der Waals surface area contributed by atoms with Gasteiger partial charge in [-0.05, 0) is 0 Å². The molecule has 1 aliphatic heterocycles. The molecule has 0 aliphatic carbocycles. The summed E-state index contributed by atoms with van der Waals surface area (Å²) in [5, 5.41) is 37.7. The number of aliphatic hydroxyl groups is 4. The van der Waals surface area contributed by atoms with Crippen LogP contribution < -0.4 is 11.2 Å². The lowest BCUT2D eigenvalue weighted by molar-refractivity contribution is -0.0401. The van der Waals surface area contributed by atoms with E-state index in [9.17, 15) is 24.9 Å². The lowest BCUT2D eigenvalue weighted by Gasteiger charge is -2.21. The number of fused-ring (bicyclic) bond motifs is 1. The number of nitrogens with zero attached hydrogens (tertiary/aromatic N) is 1. The predicted molar refractivity (Wildman–Crippen MR) is 54.4 cm³/mol. The number of hydrogen-bond acceptors (Lipinski definition) is 6. The van der Waals surface area contributed by atoms with E-state index in [0.29, 0.717) is 0 Å². The highest BCUT2D eigenvalue weighted by atomic mass is 16.3. The number of aromatic amines is 1. The van der Waals surface area contributed by atoms with Gasteiger partial charge in [0.2, 0.25) is 0 Å². The number of aromatic nitrogens is 2. The molecule has 0 unspecified atom stereocenters. The molecule has 0 amide bonds. The third kappa shape index (κ3) is 1.71. The van der Waals surface area contributed by atoms with Gasteiger partial charge < -0.3 is 20.4 Å². The Morgan fingerprint density at radius 2 is 2.06 bits per heavy atom. The van der Waals surface area contributed by atoms with E-state index in [1.807, 2.05) is 4.98 Å². The van der Waals surface area contributed by atoms with Gasteiger partial charge in [0.15, 0.2) is 0 Å². The van der Waals surface area contributed by atoms with E-state index in [2.05, 4.69) is 0 Å². The topological polar surface area (TPSA) is 136 Å². The van der Waals surface area contributed by atoms with Gasteiger partial charge in [-0.25, -0.2) is 4.79 Å². The van der Waals surface area contributed by atoms with Crippen molar-refractivity contribution in [3.05, 3.63) is 32.6 Å². The molecule has 1 aromatic rings. The molecule has 0 spiro atoms. The van der Waals surface area contributed by atoms with Crippen molar-refractivity contribution in [3.63, 3.8) is 0 Å². The quantitative estimate of drug-likeness (QED) is 0.372. The second-order valence-electron chi connectivity index (χ2n) is 3.91. The first kappa shape index (κ1) is 12.0. The molecule has 5 N–H and O–H groups in total. The maximum Gasteiger partial charge on any atom is 0.329 e. The van der Waals surface area contributed by atoms with E-state index in [4.69, 9.17) is 5.11 Å². The van der Waals surface area contributed by atoms with Crippen LogP contribution in [0.4, 0.5) is 0 Å². The van der Waals surface area contributed by atoms with Crippen LogP contribution in [0, 0.1) is 0 Å². The molecule has 0 fully saturated rings. The smallest absolute Gasteiger partial charge is 0.329 e. The SMILES string of the molecule is O=c1cc2n(c(=O)[nH]1)[C@H]([C@H](O)CO)[C@@H](O)[C@H]2O. The van der Waals surface area contributed by atoms with Crippen LogP contribution in [0.1, 0.15) is 17.8 Å². The standard InChI is InChI=1S/C9H12N2O6/c12-2-4(13)6-8(16)7(15)3-1-5(14)10-9(17)11(3)6/h1,4,6-8,12-13,15-16H,2H2,(H,10,14,17)/t4-,6-,7+,8-/m1/s1. The fourth-order valence-corrected chi connectivity index (χ4v) is 2.08. The van der Waals surface area contributed by atoms with Crippen LogP contribution in [0.15, 0.2) is 15.7 Å². The average molecular weight is 244 g/mol. The van der Waals surface area contributed by atoms with E-state index >= 15 is 0 Å². The van der Waals surface area contributed by atoms with Gasteiger partial charge in [-0.3, -0.25) is 14.3 Å². The summed E-state index contributed by atoms with van der Waals surface area (Å²) >= 11 is 0. The lowest BCUT2D eigenvalue weighted by atomic mass is 10.0. The number of H-pyrrole nitrogens is 1. The molecule has 0 aromatic carbocycles. The fourth-order valence-electron chi connectivity index (χ4n) is 2.08. The van der Waals surface area contributed by atoms with Gasteiger partial charge in [-0.1, -0.05) is 0 Å². The normalized spacial score (nSPS) is 29.1. The van der Waals surface area contributed by atoms with Crippen molar-refractivity contribution in [2.45, 2.75) is 24.4 Å². The average Bonchev–Trinajstić information content (AvgIpc) is 2.53. The fraction of sp³-hybridized carbons (Fsp3) is 0.556. The van der Waals surface area contributed by atoms with Gasteiger partial charge >= 0.3 is 5.69 Å². The highest BCUT2D eigenvalue weighted by Crippen LogP contribution is 2.33. The van der Waals surface area contributed by atoms with Gasteiger partial charge in [0.25, 0.3) is 5.56 Å². The summed E-state index contributed by atoms with van der Waals surface area (Å²) in [7, 11) is 0. The summed E-state index contributed by atoms with van der Waals surface area (Å²) in [6.07, 6.45) is -4.32. The van der Waals surface area contributed by atoms with Crippen molar-refractivity contribution in [2.24, 2.45) is 0 Å². The molecule has 0 bridgehead atoms. The molecule has 94 valence electrons. The predicted octanol–water partition coefficient (Wildman–Crippen LogP) is -3.16. The summed E-state index contributed by atoms with van der Waals surface area (Å²) in [6, 6.07) is -0.214. The Balaban J connectivity index is 2.64. The summed E-state index contributed by atoms with van der Waals surface area (Å²) in [6.45, 7) is -0.681. The summed E-state index contributed by atoms with van der Waals surface area (Å²) in [5.74, 6) is 0. The molecular weight excluding hydrogens is 232 g/mol. The molecule has 8 heteroatoms. The van der Waals surface area contributed by atoms with Crippen LogP contribution in [0.25, 0.3) is 0 Å². The van der Waals surface area contributed by atoms with Gasteiger partial charge in [-0.15, -0.1) is 0 Å². The van der Waals surface area contributed by atoms with E-state index in [0.717, 1.165) is 10.6 Å². The van der Waals surface area contributed by atoms with E-state index < -0.39 is 42.2 Å². The minimum atomic E-state index is -1.46. The van der Waals surface area contributed by atoms with Crippen molar-refractivity contribution in [3.8, 4) is 0 Å². The minimum absolute atomic E-state index is 0.0799. The van der Waals surface area contributed by atoms with Crippen LogP contribution in [0.3, 0.4) is 0 Å². The molecule has 0 saturated heterocycles. The molecule has 17 heavy (non-hydrogen) atoms. The zero-order chi connectivity index (χ0) is 12.7. The third-order valence-corrected chi connectivity index (χ3v) is 2.86. The Kier molecular flexibility index (Phi) is 2.87. The van der Waals surface area contributed by atoms with Crippen molar-refractivity contribution < 1.29 is 20.4 Å². The summed E-state index contributed by atoms with van der Waals surface area (Å²) in [4.78, 5) is 24.6. The molecule has 2 rings (SSSR count). The van der Waals surface area contributed by atoms with E-state index in [-0.39, 0.29) is 5.69 Å². The van der Waals surface area contributed by atoms with Gasteiger partial charge in [-0.2, -0.15) is 0 Å². The van der Waals surface area contributed by atoms with Crippen molar-refractivity contribution in [2.75, 3.05) is 6.61 Å². The van der Waals surface area contributed by atoms with Crippen molar-refractivity contribution >= 4 is 0 Å². The highest BCUT2D eigenvalue weighted by Gasteiger charge is 2.43. The zero-order valence-corrected chi connectivity index (χ0v) is 8.65. The molecule has 1 aromatic heterocycles. The van der Waals surface area contributed by atoms with Crippen molar-refractivity contribution in [1.29, 1.82) is 0 Å². The highest BCUT2D eigenvalue weighted by molar-refractivity contribution is 5.16. The third-order valence-electron chi connectivity index (χ3n) is 2.86. The van der Waals surface area contributed by atoms with Crippen LogP contribution in [-0.2, 0) is 0 Å². The Bertz CT molecular complexity index is 535. The maximum absolute atomic E-state index is 11.5. The summed E-state index contributed by atoms with van der Waals surface area (Å²) < 4.78 is 0.887. The number of aliphatic hydroxyl groups excluding tert-OH is 4. The summed E-state index contributed by atoms with van der Waals surface area (Å²) in [5.41, 5.74) is -1.63. The van der Waals surface area contributed by atoms with Crippen LogP contribution in [0.5, 0.6) is 0 Å². The monoisotopic (exact) mass is 244 g/mol. The second kappa shape index (κ2) is 4.08. The molecule has 4 atom stereocenters. The lowest BCUT2D eigenvalue weighted by Crippen LogP contribution is -2.40. The first-order valence-electron chi connectivity index (χ1n) is 4.98. The molecule has 1 aliphatic rings. The second-order valence-corrected chi connectivity index (χ2v) is 3.91. The van der Waals surface area contributed by atoms with Crippen LogP contribution in [0.2, 0.25) is 0 Å². The van der Waals surface area contributed by atoms with Gasteiger partial charge in [0, 0.05) is 6.07 Å². The van der Waals surface area contributed by atoms with Crippen molar-refractivity contribution in [1.82, 2.24) is 9.55 Å². The Morgan fingerprint density at radius 3 is 2.65 bits per heavy atom. The molecular formula is C9H12N2O6. The molecule has 2 heterocycles.